The van der Waals surface area contributed by atoms with E-state index in [1.54, 1.807) is 7.11 Å². The Balaban J connectivity index is 1.61. The normalized spacial score (nSPS) is 24.5. The Bertz CT molecular complexity index is 507. The van der Waals surface area contributed by atoms with Crippen LogP contribution >= 0.6 is 0 Å². The van der Waals surface area contributed by atoms with E-state index in [4.69, 9.17) is 14.0 Å². The maximum absolute atomic E-state index is 6.08. The van der Waals surface area contributed by atoms with Crippen LogP contribution in [-0.4, -0.2) is 49.5 Å². The highest BCUT2D eigenvalue weighted by molar-refractivity contribution is 6.62. The van der Waals surface area contributed by atoms with Crippen molar-refractivity contribution in [2.75, 3.05) is 20.2 Å². The van der Waals surface area contributed by atoms with Crippen molar-refractivity contribution in [3.63, 3.8) is 0 Å². The van der Waals surface area contributed by atoms with Gasteiger partial charge in [-0.3, -0.25) is 4.90 Å². The third kappa shape index (κ3) is 2.95. The van der Waals surface area contributed by atoms with E-state index >= 15 is 0 Å². The van der Waals surface area contributed by atoms with Crippen LogP contribution in [-0.2, 0) is 20.6 Å². The topological polar surface area (TPSA) is 30.9 Å². The summed E-state index contributed by atoms with van der Waals surface area (Å²) in [6.07, 6.45) is 0.407. The predicted octanol–water partition coefficient (Wildman–Crippen LogP) is 1.82. The minimum absolute atomic E-state index is 0.277. The molecule has 4 nitrogen and oxygen atoms in total. The summed E-state index contributed by atoms with van der Waals surface area (Å²) in [7, 11) is 1.50. The Morgan fingerprint density at radius 3 is 2.14 bits per heavy atom. The van der Waals surface area contributed by atoms with Gasteiger partial charge in [0.15, 0.2) is 0 Å². The second-order valence-corrected chi connectivity index (χ2v) is 7.38. The molecule has 2 saturated heterocycles. The maximum atomic E-state index is 6.08. The third-order valence-corrected chi connectivity index (χ3v) is 5.17. The van der Waals surface area contributed by atoms with Crippen molar-refractivity contribution >= 4 is 12.6 Å². The summed E-state index contributed by atoms with van der Waals surface area (Å²) in [6, 6.07) is 8.57. The first-order valence-electron chi connectivity index (χ1n) is 8.00. The molecule has 2 heterocycles. The molecule has 2 fully saturated rings. The van der Waals surface area contributed by atoms with Gasteiger partial charge in [0.25, 0.3) is 0 Å². The van der Waals surface area contributed by atoms with Gasteiger partial charge in [0, 0.05) is 26.7 Å². The van der Waals surface area contributed by atoms with E-state index in [0.29, 0.717) is 6.10 Å². The monoisotopic (exact) mass is 303 g/mol. The zero-order valence-electron chi connectivity index (χ0n) is 14.3. The van der Waals surface area contributed by atoms with Crippen LogP contribution in [0, 0.1) is 0 Å². The highest BCUT2D eigenvalue weighted by Crippen LogP contribution is 2.36. The molecule has 3 rings (SSSR count). The number of ether oxygens (including phenoxy) is 1. The third-order valence-electron chi connectivity index (χ3n) is 5.17. The van der Waals surface area contributed by atoms with Crippen LogP contribution in [0.2, 0.25) is 0 Å². The lowest BCUT2D eigenvalue weighted by Gasteiger charge is -2.38. The first-order valence-corrected chi connectivity index (χ1v) is 8.00. The van der Waals surface area contributed by atoms with E-state index in [1.807, 2.05) is 0 Å². The molecule has 0 atom stereocenters. The molecule has 0 aliphatic carbocycles. The summed E-state index contributed by atoms with van der Waals surface area (Å²) < 4.78 is 17.5. The number of hydrogen-bond acceptors (Lipinski definition) is 4. The molecule has 2 aliphatic rings. The van der Waals surface area contributed by atoms with Gasteiger partial charge in [-0.05, 0) is 38.7 Å². The van der Waals surface area contributed by atoms with Crippen LogP contribution in [0.5, 0.6) is 0 Å². The SMILES string of the molecule is COC1CN(Cc2ccc(B3OC(C)(C)C(C)(C)O3)cc2)C1. The molecule has 2 aliphatic heterocycles. The summed E-state index contributed by atoms with van der Waals surface area (Å²) in [5.41, 5.74) is 1.82. The van der Waals surface area contributed by atoms with Gasteiger partial charge >= 0.3 is 7.12 Å². The Morgan fingerprint density at radius 2 is 1.64 bits per heavy atom. The van der Waals surface area contributed by atoms with Crippen LogP contribution in [0.25, 0.3) is 0 Å². The smallest absolute Gasteiger partial charge is 0.399 e. The second kappa shape index (κ2) is 5.64. The molecule has 0 N–H and O–H groups in total. The zero-order chi connectivity index (χ0) is 16.0. The van der Waals surface area contributed by atoms with Crippen molar-refractivity contribution in [3.05, 3.63) is 29.8 Å². The summed E-state index contributed by atoms with van der Waals surface area (Å²) in [6.45, 7) is 11.3. The van der Waals surface area contributed by atoms with Crippen LogP contribution < -0.4 is 5.46 Å². The predicted molar refractivity (Wildman–Crippen MR) is 88.2 cm³/mol. The highest BCUT2D eigenvalue weighted by Gasteiger charge is 2.51. The Morgan fingerprint density at radius 1 is 1.09 bits per heavy atom. The number of nitrogens with zero attached hydrogens (tertiary/aromatic N) is 1. The molecule has 0 bridgehead atoms. The largest absolute Gasteiger partial charge is 0.494 e. The van der Waals surface area contributed by atoms with Crippen molar-refractivity contribution in [3.8, 4) is 0 Å². The van der Waals surface area contributed by atoms with E-state index in [-0.39, 0.29) is 18.3 Å². The fourth-order valence-electron chi connectivity index (χ4n) is 2.82. The summed E-state index contributed by atoms with van der Waals surface area (Å²) in [5.74, 6) is 0. The van der Waals surface area contributed by atoms with Gasteiger partial charge in [0.2, 0.25) is 0 Å². The lowest BCUT2D eigenvalue weighted by atomic mass is 9.79. The van der Waals surface area contributed by atoms with Crippen molar-refractivity contribution in [1.29, 1.82) is 0 Å². The summed E-state index contributed by atoms with van der Waals surface area (Å²) in [4.78, 5) is 2.39. The zero-order valence-corrected chi connectivity index (χ0v) is 14.3. The van der Waals surface area contributed by atoms with Gasteiger partial charge in [-0.15, -0.1) is 0 Å². The quantitative estimate of drug-likeness (QED) is 0.794. The van der Waals surface area contributed by atoms with Crippen LogP contribution in [0.4, 0.5) is 0 Å². The number of methoxy groups -OCH3 is 1. The van der Waals surface area contributed by atoms with Crippen molar-refractivity contribution in [2.45, 2.75) is 51.5 Å². The molecule has 1 aromatic rings. The average molecular weight is 303 g/mol. The number of rotatable bonds is 4. The second-order valence-electron chi connectivity index (χ2n) is 7.38. The van der Waals surface area contributed by atoms with Crippen LogP contribution in [0.1, 0.15) is 33.3 Å². The summed E-state index contributed by atoms with van der Waals surface area (Å²) >= 11 is 0. The molecule has 1 aromatic carbocycles. The molecule has 0 spiro atoms. The molecule has 5 heteroatoms. The van der Waals surface area contributed by atoms with E-state index in [9.17, 15) is 0 Å². The Labute approximate surface area is 133 Å². The molecule has 0 radical (unpaired) electrons. The standard InChI is InChI=1S/C17H26BNO3/c1-16(2)17(3,4)22-18(21-16)14-8-6-13(7-9-14)10-19-11-15(12-19)20-5/h6-9,15H,10-12H2,1-5H3. The molecule has 0 aromatic heterocycles. The number of benzene rings is 1. The Kier molecular flexibility index (Phi) is 4.10. The lowest BCUT2D eigenvalue weighted by Crippen LogP contribution is -2.50. The minimum atomic E-state index is -0.289. The number of likely N-dealkylation sites (tertiary alicyclic amines) is 1. The summed E-state index contributed by atoms with van der Waals surface area (Å²) in [5, 5.41) is 0. The van der Waals surface area contributed by atoms with Crippen molar-refractivity contribution < 1.29 is 14.0 Å². The molecular formula is C17H26BNO3. The van der Waals surface area contributed by atoms with Gasteiger partial charge < -0.3 is 14.0 Å². The first-order chi connectivity index (χ1) is 10.3. The van der Waals surface area contributed by atoms with E-state index < -0.39 is 0 Å². The highest BCUT2D eigenvalue weighted by atomic mass is 16.7. The molecule has 120 valence electrons. The molecule has 0 unspecified atom stereocenters. The van der Waals surface area contributed by atoms with Crippen molar-refractivity contribution in [2.24, 2.45) is 0 Å². The minimum Gasteiger partial charge on any atom is -0.399 e. The van der Waals surface area contributed by atoms with Crippen molar-refractivity contribution in [1.82, 2.24) is 4.90 Å². The van der Waals surface area contributed by atoms with E-state index in [2.05, 4.69) is 56.9 Å². The molecule has 22 heavy (non-hydrogen) atoms. The van der Waals surface area contributed by atoms with Gasteiger partial charge in [0.1, 0.15) is 0 Å². The van der Waals surface area contributed by atoms with Gasteiger partial charge in [-0.25, -0.2) is 0 Å². The van der Waals surface area contributed by atoms with Gasteiger partial charge in [-0.2, -0.15) is 0 Å². The number of hydrogen-bond donors (Lipinski definition) is 0. The fourth-order valence-corrected chi connectivity index (χ4v) is 2.82. The van der Waals surface area contributed by atoms with E-state index in [0.717, 1.165) is 25.1 Å². The Hall–Kier alpha value is -0.875. The molecular weight excluding hydrogens is 277 g/mol. The van der Waals surface area contributed by atoms with Crippen LogP contribution in [0.3, 0.4) is 0 Å². The van der Waals surface area contributed by atoms with E-state index in [1.165, 1.54) is 5.56 Å². The lowest BCUT2D eigenvalue weighted by molar-refractivity contribution is -0.0333. The maximum Gasteiger partial charge on any atom is 0.494 e. The first kappa shape index (κ1) is 16.0. The average Bonchev–Trinajstić information content (AvgIpc) is 2.63. The van der Waals surface area contributed by atoms with Gasteiger partial charge in [-0.1, -0.05) is 24.3 Å². The fraction of sp³-hybridized carbons (Fsp3) is 0.647. The molecule has 0 amide bonds. The molecule has 0 saturated carbocycles. The van der Waals surface area contributed by atoms with Gasteiger partial charge in [0.05, 0.1) is 17.3 Å². The van der Waals surface area contributed by atoms with Crippen LogP contribution in [0.15, 0.2) is 24.3 Å².